The molecule has 26 heavy (non-hydrogen) atoms. The highest BCUT2D eigenvalue weighted by atomic mass is 32.1. The van der Waals surface area contributed by atoms with E-state index in [2.05, 4.69) is 37.7 Å². The Balaban J connectivity index is 1.85. The summed E-state index contributed by atoms with van der Waals surface area (Å²) in [7, 11) is 0. The molecule has 0 radical (unpaired) electrons. The maximum absolute atomic E-state index is 12.9. The lowest BCUT2D eigenvalue weighted by Crippen LogP contribution is -2.28. The smallest absolute Gasteiger partial charge is 0.262 e. The van der Waals surface area contributed by atoms with Gasteiger partial charge in [0, 0.05) is 24.4 Å². The molecule has 1 N–H and O–H groups in total. The summed E-state index contributed by atoms with van der Waals surface area (Å²) in [4.78, 5) is 31.4. The predicted octanol–water partition coefficient (Wildman–Crippen LogP) is 3.30. The molecular weight excluding hydrogens is 346 g/mol. The third-order valence-electron chi connectivity index (χ3n) is 5.28. The highest BCUT2D eigenvalue weighted by Crippen LogP contribution is 2.41. The lowest BCUT2D eigenvalue weighted by molar-refractivity contribution is -0.121. The van der Waals surface area contributed by atoms with Crippen LogP contribution in [-0.4, -0.2) is 22.0 Å². The minimum absolute atomic E-state index is 0.0155. The van der Waals surface area contributed by atoms with E-state index < -0.39 is 0 Å². The first kappa shape index (κ1) is 18.8. The van der Waals surface area contributed by atoms with E-state index in [9.17, 15) is 9.59 Å². The lowest BCUT2D eigenvalue weighted by Gasteiger charge is -2.33. The second-order valence-corrected chi connectivity index (χ2v) is 9.16. The quantitative estimate of drug-likeness (QED) is 0.818. The maximum Gasteiger partial charge on any atom is 0.262 e. The first-order chi connectivity index (χ1) is 12.3. The van der Waals surface area contributed by atoms with Gasteiger partial charge in [0.2, 0.25) is 5.91 Å². The van der Waals surface area contributed by atoms with Crippen molar-refractivity contribution in [3.05, 3.63) is 39.8 Å². The van der Waals surface area contributed by atoms with E-state index in [0.717, 1.165) is 29.5 Å². The van der Waals surface area contributed by atoms with Crippen LogP contribution in [0.25, 0.3) is 10.2 Å². The molecule has 0 aliphatic heterocycles. The second-order valence-electron chi connectivity index (χ2n) is 8.08. The van der Waals surface area contributed by atoms with Crippen LogP contribution in [0.2, 0.25) is 0 Å². The number of nitrogens with one attached hydrogen (secondary N) is 1. The normalized spacial score (nSPS) is 17.1. The first-order valence-corrected chi connectivity index (χ1v) is 10.00. The Morgan fingerprint density at radius 1 is 1.50 bits per heavy atom. The standard InChI is InChI=1S/C20H27N3O2S/c1-5-9-21-16(24)8-10-23-12-22-18-17(19(23)25)14-7-6-13(20(2,3)4)11-15(14)26-18/h5,12-13H,1,6-11H2,2-4H3,(H,21,24). The Labute approximate surface area is 158 Å². The number of thiophene rings is 1. The van der Waals surface area contributed by atoms with Crippen LogP contribution in [0, 0.1) is 11.3 Å². The van der Waals surface area contributed by atoms with Gasteiger partial charge in [0.1, 0.15) is 4.83 Å². The van der Waals surface area contributed by atoms with E-state index in [4.69, 9.17) is 0 Å². The molecule has 6 heteroatoms. The summed E-state index contributed by atoms with van der Waals surface area (Å²) in [5, 5.41) is 3.50. The van der Waals surface area contributed by atoms with Gasteiger partial charge in [-0.3, -0.25) is 14.2 Å². The summed E-state index contributed by atoms with van der Waals surface area (Å²) in [5.74, 6) is 0.552. The van der Waals surface area contributed by atoms with Gasteiger partial charge < -0.3 is 5.32 Å². The van der Waals surface area contributed by atoms with Gasteiger partial charge in [0.25, 0.3) is 5.56 Å². The lowest BCUT2D eigenvalue weighted by atomic mass is 9.72. The third-order valence-corrected chi connectivity index (χ3v) is 6.45. The number of nitrogens with zero attached hydrogens (tertiary/aromatic N) is 2. The molecule has 2 aromatic heterocycles. The van der Waals surface area contributed by atoms with Crippen molar-refractivity contribution in [2.45, 2.75) is 53.0 Å². The van der Waals surface area contributed by atoms with Crippen LogP contribution in [0.1, 0.15) is 44.1 Å². The van der Waals surface area contributed by atoms with Crippen LogP contribution in [0.4, 0.5) is 0 Å². The fraction of sp³-hybridized carbons (Fsp3) is 0.550. The summed E-state index contributed by atoms with van der Waals surface area (Å²) < 4.78 is 1.57. The number of fused-ring (bicyclic) bond motifs is 3. The van der Waals surface area contributed by atoms with E-state index in [1.165, 1.54) is 10.4 Å². The summed E-state index contributed by atoms with van der Waals surface area (Å²) in [6, 6.07) is 0. The SMILES string of the molecule is C=CCNC(=O)CCn1cnc2sc3c(c2c1=O)CCC(C(C)(C)C)C3. The zero-order valence-corrected chi connectivity index (χ0v) is 16.6. The van der Waals surface area contributed by atoms with Crippen LogP contribution >= 0.6 is 11.3 Å². The number of rotatable bonds is 5. The van der Waals surface area contributed by atoms with Crippen molar-refractivity contribution in [3.63, 3.8) is 0 Å². The molecule has 1 atom stereocenters. The molecule has 0 saturated carbocycles. The van der Waals surface area contributed by atoms with Crippen molar-refractivity contribution in [1.29, 1.82) is 0 Å². The maximum atomic E-state index is 12.9. The predicted molar refractivity (Wildman–Crippen MR) is 107 cm³/mol. The van der Waals surface area contributed by atoms with Crippen LogP contribution in [0.15, 0.2) is 23.8 Å². The van der Waals surface area contributed by atoms with Crippen LogP contribution in [-0.2, 0) is 24.2 Å². The highest BCUT2D eigenvalue weighted by molar-refractivity contribution is 7.18. The van der Waals surface area contributed by atoms with E-state index in [1.54, 1.807) is 28.3 Å². The van der Waals surface area contributed by atoms with Crippen molar-refractivity contribution in [3.8, 4) is 0 Å². The first-order valence-electron chi connectivity index (χ1n) is 9.18. The van der Waals surface area contributed by atoms with E-state index in [0.29, 0.717) is 19.0 Å². The van der Waals surface area contributed by atoms with Crippen molar-refractivity contribution in [2.75, 3.05) is 6.54 Å². The molecule has 1 amide bonds. The summed E-state index contributed by atoms with van der Waals surface area (Å²) >= 11 is 1.66. The average molecular weight is 374 g/mol. The van der Waals surface area contributed by atoms with E-state index in [1.807, 2.05) is 0 Å². The Morgan fingerprint density at radius 3 is 2.96 bits per heavy atom. The van der Waals surface area contributed by atoms with Crippen molar-refractivity contribution in [2.24, 2.45) is 11.3 Å². The average Bonchev–Trinajstić information content (AvgIpc) is 2.97. The number of hydrogen-bond donors (Lipinski definition) is 1. The molecule has 1 aliphatic rings. The third kappa shape index (κ3) is 3.75. The van der Waals surface area contributed by atoms with Gasteiger partial charge in [-0.1, -0.05) is 26.8 Å². The number of amides is 1. The van der Waals surface area contributed by atoms with Crippen LogP contribution in [0.5, 0.6) is 0 Å². The number of aromatic nitrogens is 2. The highest BCUT2D eigenvalue weighted by Gasteiger charge is 2.31. The van der Waals surface area contributed by atoms with Gasteiger partial charge in [-0.2, -0.15) is 0 Å². The number of carbonyl (C=O) groups excluding carboxylic acids is 1. The minimum Gasteiger partial charge on any atom is -0.353 e. The van der Waals surface area contributed by atoms with Gasteiger partial charge in [-0.25, -0.2) is 4.98 Å². The molecule has 3 rings (SSSR count). The topological polar surface area (TPSA) is 64.0 Å². The molecule has 0 aromatic carbocycles. The molecule has 0 saturated heterocycles. The molecule has 140 valence electrons. The van der Waals surface area contributed by atoms with Crippen molar-refractivity contribution in [1.82, 2.24) is 14.9 Å². The molecule has 5 nitrogen and oxygen atoms in total. The number of carbonyl (C=O) groups is 1. The Morgan fingerprint density at radius 2 is 2.27 bits per heavy atom. The Bertz CT molecular complexity index is 889. The fourth-order valence-corrected chi connectivity index (χ4v) is 4.85. The Hall–Kier alpha value is -1.95. The molecule has 0 spiro atoms. The summed E-state index contributed by atoms with van der Waals surface area (Å²) in [6.07, 6.45) is 6.57. The monoisotopic (exact) mass is 373 g/mol. The van der Waals surface area contributed by atoms with Gasteiger partial charge in [0.15, 0.2) is 0 Å². The molecule has 1 aliphatic carbocycles. The number of aryl methyl sites for hydroxylation is 2. The van der Waals surface area contributed by atoms with Crippen LogP contribution in [0.3, 0.4) is 0 Å². The van der Waals surface area contributed by atoms with E-state index in [-0.39, 0.29) is 23.3 Å². The zero-order chi connectivity index (χ0) is 18.9. The second kappa shape index (κ2) is 7.35. The van der Waals surface area contributed by atoms with E-state index >= 15 is 0 Å². The van der Waals surface area contributed by atoms with Gasteiger partial charge >= 0.3 is 0 Å². The Kier molecular flexibility index (Phi) is 5.32. The number of hydrogen-bond acceptors (Lipinski definition) is 4. The molecule has 0 bridgehead atoms. The van der Waals surface area contributed by atoms with Gasteiger partial charge in [-0.15, -0.1) is 17.9 Å². The van der Waals surface area contributed by atoms with Crippen molar-refractivity contribution >= 4 is 27.5 Å². The van der Waals surface area contributed by atoms with Gasteiger partial charge in [-0.05, 0) is 36.2 Å². The van der Waals surface area contributed by atoms with Gasteiger partial charge in [0.05, 0.1) is 11.7 Å². The van der Waals surface area contributed by atoms with Crippen molar-refractivity contribution < 1.29 is 4.79 Å². The summed E-state index contributed by atoms with van der Waals surface area (Å²) in [5.41, 5.74) is 1.45. The fourth-order valence-electron chi connectivity index (χ4n) is 3.60. The minimum atomic E-state index is -0.0859. The van der Waals surface area contributed by atoms with Crippen LogP contribution < -0.4 is 10.9 Å². The molecular formula is C20H27N3O2S. The molecule has 2 heterocycles. The largest absolute Gasteiger partial charge is 0.353 e. The summed E-state index contributed by atoms with van der Waals surface area (Å²) in [6.45, 7) is 11.2. The zero-order valence-electron chi connectivity index (χ0n) is 15.8. The molecule has 0 fully saturated rings. The molecule has 1 unspecified atom stereocenters. The molecule has 2 aromatic rings.